The van der Waals surface area contributed by atoms with Crippen LogP contribution in [0.1, 0.15) is 55.1 Å². The van der Waals surface area contributed by atoms with E-state index < -0.39 is 17.9 Å². The monoisotopic (exact) mass is 384 g/mol. The minimum Gasteiger partial charge on any atom is -0.494 e. The highest BCUT2D eigenvalue weighted by Crippen LogP contribution is 2.28. The third-order valence-corrected chi connectivity index (χ3v) is 4.19. The average Bonchev–Trinajstić information content (AvgIpc) is 2.66. The van der Waals surface area contributed by atoms with Crippen LogP contribution in [0.4, 0.5) is 0 Å². The van der Waals surface area contributed by atoms with Crippen molar-refractivity contribution < 1.29 is 19.1 Å². The molecule has 2 amide bonds. The minimum absolute atomic E-state index is 0.269. The minimum atomic E-state index is -0.764. The van der Waals surface area contributed by atoms with Crippen LogP contribution in [0.15, 0.2) is 42.5 Å². The zero-order valence-corrected chi connectivity index (χ0v) is 17.0. The van der Waals surface area contributed by atoms with Crippen LogP contribution in [-0.4, -0.2) is 24.5 Å². The Kier molecular flexibility index (Phi) is 7.44. The Morgan fingerprint density at radius 2 is 1.68 bits per heavy atom. The molecule has 0 saturated carbocycles. The number of carbonyl (C=O) groups is 2. The lowest BCUT2D eigenvalue weighted by atomic mass is 10.0. The summed E-state index contributed by atoms with van der Waals surface area (Å²) in [5.74, 6) is 0.780. The van der Waals surface area contributed by atoms with Gasteiger partial charge in [0.05, 0.1) is 6.61 Å². The number of hydrogen-bond donors (Lipinski definition) is 2. The van der Waals surface area contributed by atoms with Crippen molar-refractivity contribution in [2.24, 2.45) is 0 Å². The van der Waals surface area contributed by atoms with Gasteiger partial charge in [-0.2, -0.15) is 0 Å². The van der Waals surface area contributed by atoms with E-state index in [1.807, 2.05) is 32.0 Å². The molecule has 0 saturated heterocycles. The second-order valence-electron chi connectivity index (χ2n) is 6.86. The first-order valence-corrected chi connectivity index (χ1v) is 9.42. The van der Waals surface area contributed by atoms with Gasteiger partial charge in [-0.25, -0.2) is 0 Å². The smallest absolute Gasteiger partial charge is 0.279 e. The topological polar surface area (TPSA) is 76.7 Å². The second-order valence-corrected chi connectivity index (χ2v) is 6.86. The molecule has 0 heterocycles. The predicted molar refractivity (Wildman–Crippen MR) is 109 cm³/mol. The van der Waals surface area contributed by atoms with Crippen LogP contribution < -0.4 is 20.3 Å². The molecule has 0 spiro atoms. The van der Waals surface area contributed by atoms with Crippen LogP contribution in [0.25, 0.3) is 0 Å². The summed E-state index contributed by atoms with van der Waals surface area (Å²) in [6, 6.07) is 12.6. The van der Waals surface area contributed by atoms with E-state index in [0.717, 1.165) is 11.1 Å². The van der Waals surface area contributed by atoms with Gasteiger partial charge in [-0.1, -0.05) is 26.0 Å². The summed E-state index contributed by atoms with van der Waals surface area (Å²) in [7, 11) is 0. The molecule has 0 aromatic heterocycles. The van der Waals surface area contributed by atoms with Crippen LogP contribution in [0.3, 0.4) is 0 Å². The molecule has 0 aliphatic heterocycles. The maximum absolute atomic E-state index is 12.3. The van der Waals surface area contributed by atoms with Crippen molar-refractivity contribution in [1.29, 1.82) is 0 Å². The lowest BCUT2D eigenvalue weighted by Crippen LogP contribution is -2.47. The number of carbonyl (C=O) groups excluding carboxylic acids is 2. The van der Waals surface area contributed by atoms with Gasteiger partial charge in [-0.3, -0.25) is 20.4 Å². The number of ether oxygens (including phenoxy) is 2. The van der Waals surface area contributed by atoms with Crippen molar-refractivity contribution >= 4 is 11.8 Å². The van der Waals surface area contributed by atoms with Crippen LogP contribution in [-0.2, 0) is 4.79 Å². The zero-order valence-electron chi connectivity index (χ0n) is 17.0. The maximum Gasteiger partial charge on any atom is 0.279 e. The molecule has 6 nitrogen and oxygen atoms in total. The summed E-state index contributed by atoms with van der Waals surface area (Å²) >= 11 is 0. The van der Waals surface area contributed by atoms with E-state index in [4.69, 9.17) is 9.47 Å². The van der Waals surface area contributed by atoms with Gasteiger partial charge in [0.2, 0.25) is 0 Å². The lowest BCUT2D eigenvalue weighted by Gasteiger charge is -2.19. The van der Waals surface area contributed by atoms with Crippen LogP contribution in [0, 0.1) is 6.92 Å². The van der Waals surface area contributed by atoms with Gasteiger partial charge in [0.25, 0.3) is 11.8 Å². The molecule has 2 aromatic rings. The molecule has 6 heteroatoms. The van der Waals surface area contributed by atoms with E-state index in [-0.39, 0.29) is 5.92 Å². The predicted octanol–water partition coefficient (Wildman–Crippen LogP) is 3.75. The Bertz CT molecular complexity index is 816. The second kappa shape index (κ2) is 9.78. The highest BCUT2D eigenvalue weighted by Gasteiger charge is 2.18. The molecule has 0 aliphatic rings. The summed E-state index contributed by atoms with van der Waals surface area (Å²) in [4.78, 5) is 24.5. The molecule has 0 radical (unpaired) electrons. The van der Waals surface area contributed by atoms with E-state index in [2.05, 4.69) is 24.7 Å². The summed E-state index contributed by atoms with van der Waals surface area (Å²) in [6.07, 6.45) is -0.764. The summed E-state index contributed by atoms with van der Waals surface area (Å²) < 4.78 is 11.2. The quantitative estimate of drug-likeness (QED) is 0.713. The van der Waals surface area contributed by atoms with Crippen molar-refractivity contribution in [3.05, 3.63) is 59.2 Å². The van der Waals surface area contributed by atoms with E-state index >= 15 is 0 Å². The van der Waals surface area contributed by atoms with Gasteiger partial charge >= 0.3 is 0 Å². The van der Waals surface area contributed by atoms with E-state index in [0.29, 0.717) is 23.7 Å². The number of hydrogen-bond acceptors (Lipinski definition) is 4. The molecule has 0 fully saturated rings. The Labute approximate surface area is 166 Å². The number of nitrogens with one attached hydrogen (secondary N) is 2. The molecule has 2 N–H and O–H groups in total. The van der Waals surface area contributed by atoms with Crippen LogP contribution in [0.5, 0.6) is 11.5 Å². The Balaban J connectivity index is 1.94. The van der Waals surface area contributed by atoms with Gasteiger partial charge in [-0.05, 0) is 68.1 Å². The molecular weight excluding hydrogens is 356 g/mol. The molecule has 1 atom stereocenters. The van der Waals surface area contributed by atoms with Gasteiger partial charge < -0.3 is 9.47 Å². The molecule has 28 heavy (non-hydrogen) atoms. The Morgan fingerprint density at radius 3 is 2.29 bits per heavy atom. The normalized spacial score (nSPS) is 11.6. The molecule has 1 unspecified atom stereocenters. The summed E-state index contributed by atoms with van der Waals surface area (Å²) in [6.45, 7) is 10.2. The highest BCUT2D eigenvalue weighted by atomic mass is 16.5. The number of hydrazine groups is 1. The average molecular weight is 384 g/mol. The van der Waals surface area contributed by atoms with Crippen molar-refractivity contribution in [1.82, 2.24) is 10.9 Å². The van der Waals surface area contributed by atoms with Crippen LogP contribution >= 0.6 is 0 Å². The highest BCUT2D eigenvalue weighted by molar-refractivity contribution is 5.95. The maximum atomic E-state index is 12.3. The number of benzene rings is 2. The number of rotatable bonds is 7. The van der Waals surface area contributed by atoms with Crippen molar-refractivity contribution in [3.8, 4) is 11.5 Å². The fraction of sp³-hybridized carbons (Fsp3) is 0.364. The number of amides is 2. The number of aryl methyl sites for hydroxylation is 1. The first-order chi connectivity index (χ1) is 13.3. The van der Waals surface area contributed by atoms with Gasteiger partial charge in [0, 0.05) is 5.56 Å². The molecule has 0 aliphatic carbocycles. The van der Waals surface area contributed by atoms with Gasteiger partial charge in [0.1, 0.15) is 11.5 Å². The first-order valence-electron chi connectivity index (χ1n) is 9.42. The van der Waals surface area contributed by atoms with Crippen molar-refractivity contribution in [2.45, 2.75) is 46.6 Å². The molecule has 0 bridgehead atoms. The summed E-state index contributed by atoms with van der Waals surface area (Å²) in [5.41, 5.74) is 7.31. The van der Waals surface area contributed by atoms with E-state index in [9.17, 15) is 9.59 Å². The third-order valence-electron chi connectivity index (χ3n) is 4.19. The SMILES string of the molecule is CCOc1ccc(C(=O)NNC(=O)C(C)Oc2cc(C)ccc2C(C)C)cc1. The third kappa shape index (κ3) is 5.74. The van der Waals surface area contributed by atoms with Gasteiger partial charge in [-0.15, -0.1) is 0 Å². The van der Waals surface area contributed by atoms with E-state index in [1.54, 1.807) is 31.2 Å². The molecule has 2 rings (SSSR count). The van der Waals surface area contributed by atoms with Gasteiger partial charge in [0.15, 0.2) is 6.10 Å². The van der Waals surface area contributed by atoms with Crippen LogP contribution in [0.2, 0.25) is 0 Å². The lowest BCUT2D eigenvalue weighted by molar-refractivity contribution is -0.128. The van der Waals surface area contributed by atoms with E-state index in [1.165, 1.54) is 0 Å². The van der Waals surface area contributed by atoms with Crippen molar-refractivity contribution in [3.63, 3.8) is 0 Å². The largest absolute Gasteiger partial charge is 0.494 e. The fourth-order valence-electron chi connectivity index (χ4n) is 2.63. The Morgan fingerprint density at radius 1 is 1.00 bits per heavy atom. The molecular formula is C22H28N2O4. The molecule has 2 aromatic carbocycles. The van der Waals surface area contributed by atoms with Crippen molar-refractivity contribution in [2.75, 3.05) is 6.61 Å². The summed E-state index contributed by atoms with van der Waals surface area (Å²) in [5, 5.41) is 0. The fourth-order valence-corrected chi connectivity index (χ4v) is 2.63. The standard InChI is InChI=1S/C22H28N2O4/c1-6-27-18-10-8-17(9-11-18)22(26)24-23-21(25)16(5)28-20-13-15(4)7-12-19(20)14(2)3/h7-14,16H,6H2,1-5H3,(H,23,25)(H,24,26). The molecule has 150 valence electrons. The zero-order chi connectivity index (χ0) is 20.7. The first kappa shape index (κ1) is 21.3. The Hall–Kier alpha value is -3.02.